The molecule has 1 aromatic heterocycles. The average Bonchev–Trinajstić information content (AvgIpc) is 2.33. The van der Waals surface area contributed by atoms with Crippen molar-refractivity contribution in [2.75, 3.05) is 5.32 Å². The van der Waals surface area contributed by atoms with E-state index in [9.17, 15) is 9.18 Å². The number of anilines is 2. The van der Waals surface area contributed by atoms with Gasteiger partial charge in [0.1, 0.15) is 5.69 Å². The first-order chi connectivity index (χ1) is 8.16. The van der Waals surface area contributed by atoms with Crippen molar-refractivity contribution < 1.29 is 14.3 Å². The van der Waals surface area contributed by atoms with Crippen LogP contribution in [0.15, 0.2) is 42.6 Å². The predicted molar refractivity (Wildman–Crippen MR) is 60.9 cm³/mol. The van der Waals surface area contributed by atoms with Gasteiger partial charge in [-0.3, -0.25) is 0 Å². The Bertz CT molecular complexity index is 543. The van der Waals surface area contributed by atoms with Gasteiger partial charge in [-0.1, -0.05) is 18.2 Å². The van der Waals surface area contributed by atoms with Gasteiger partial charge >= 0.3 is 5.97 Å². The van der Waals surface area contributed by atoms with Crippen molar-refractivity contribution in [1.29, 1.82) is 0 Å². The largest absolute Gasteiger partial charge is 0.477 e. The van der Waals surface area contributed by atoms with Gasteiger partial charge in [-0.05, 0) is 18.2 Å². The molecule has 0 aliphatic carbocycles. The van der Waals surface area contributed by atoms with Crippen LogP contribution in [-0.4, -0.2) is 16.1 Å². The monoisotopic (exact) mass is 232 g/mol. The second-order valence-corrected chi connectivity index (χ2v) is 3.35. The number of benzene rings is 1. The molecule has 0 radical (unpaired) electrons. The van der Waals surface area contributed by atoms with Crippen LogP contribution in [0, 0.1) is 5.82 Å². The quantitative estimate of drug-likeness (QED) is 0.853. The van der Waals surface area contributed by atoms with Crippen molar-refractivity contribution in [3.63, 3.8) is 0 Å². The van der Waals surface area contributed by atoms with Crippen LogP contribution in [0.25, 0.3) is 0 Å². The fourth-order valence-corrected chi connectivity index (χ4v) is 1.33. The van der Waals surface area contributed by atoms with Gasteiger partial charge in [0, 0.05) is 5.69 Å². The zero-order valence-corrected chi connectivity index (χ0v) is 8.72. The first kappa shape index (κ1) is 11.1. The van der Waals surface area contributed by atoms with Crippen LogP contribution >= 0.6 is 0 Å². The standard InChI is InChI=1S/C12H9FN2O2/c13-9-7-14-11(12(16)17)6-10(9)15-8-4-2-1-3-5-8/h1-7H,(H,14,15)(H,16,17). The highest BCUT2D eigenvalue weighted by Gasteiger charge is 2.09. The highest BCUT2D eigenvalue weighted by atomic mass is 19.1. The molecule has 0 saturated carbocycles. The molecule has 1 heterocycles. The lowest BCUT2D eigenvalue weighted by molar-refractivity contribution is 0.0690. The lowest BCUT2D eigenvalue weighted by Gasteiger charge is -2.07. The van der Waals surface area contributed by atoms with Gasteiger partial charge in [0.05, 0.1) is 11.9 Å². The number of carbonyl (C=O) groups is 1. The van der Waals surface area contributed by atoms with Crippen molar-refractivity contribution in [2.45, 2.75) is 0 Å². The molecule has 0 bridgehead atoms. The molecule has 17 heavy (non-hydrogen) atoms. The zero-order valence-electron chi connectivity index (χ0n) is 8.72. The van der Waals surface area contributed by atoms with Crippen molar-refractivity contribution in [2.24, 2.45) is 0 Å². The summed E-state index contributed by atoms with van der Waals surface area (Å²) in [5, 5.41) is 11.5. The number of halogens is 1. The number of para-hydroxylation sites is 1. The summed E-state index contributed by atoms with van der Waals surface area (Å²) in [6.07, 6.45) is 0.884. The van der Waals surface area contributed by atoms with Crippen LogP contribution in [0.2, 0.25) is 0 Å². The predicted octanol–water partition coefficient (Wildman–Crippen LogP) is 2.66. The summed E-state index contributed by atoms with van der Waals surface area (Å²) in [5.41, 5.74) is 0.558. The summed E-state index contributed by atoms with van der Waals surface area (Å²) in [6, 6.07) is 10.1. The van der Waals surface area contributed by atoms with Crippen LogP contribution < -0.4 is 5.32 Å². The minimum Gasteiger partial charge on any atom is -0.477 e. The molecule has 4 nitrogen and oxygen atoms in total. The molecule has 0 atom stereocenters. The van der Waals surface area contributed by atoms with Gasteiger partial charge in [0.15, 0.2) is 5.82 Å². The second-order valence-electron chi connectivity index (χ2n) is 3.35. The molecule has 0 aliphatic rings. The van der Waals surface area contributed by atoms with E-state index >= 15 is 0 Å². The maximum absolute atomic E-state index is 13.4. The molecule has 0 amide bonds. The summed E-state index contributed by atoms with van der Waals surface area (Å²) < 4.78 is 13.4. The number of aromatic carboxylic acids is 1. The molecule has 0 saturated heterocycles. The Labute approximate surface area is 96.7 Å². The summed E-state index contributed by atoms with van der Waals surface area (Å²) in [7, 11) is 0. The van der Waals surface area contributed by atoms with Crippen LogP contribution in [0.1, 0.15) is 10.5 Å². The Morgan fingerprint density at radius 1 is 1.29 bits per heavy atom. The Kier molecular flexibility index (Phi) is 3.00. The number of carboxylic acids is 1. The normalized spacial score (nSPS) is 9.94. The van der Waals surface area contributed by atoms with Gasteiger partial charge in [0.2, 0.25) is 0 Å². The van der Waals surface area contributed by atoms with Crippen LogP contribution in [-0.2, 0) is 0 Å². The highest BCUT2D eigenvalue weighted by Crippen LogP contribution is 2.19. The molecule has 0 aliphatic heterocycles. The molecule has 2 aromatic rings. The van der Waals surface area contributed by atoms with Crippen molar-refractivity contribution >= 4 is 17.3 Å². The SMILES string of the molecule is O=C(O)c1cc(Nc2ccccc2)c(F)cn1. The number of rotatable bonds is 3. The van der Waals surface area contributed by atoms with Crippen LogP contribution in [0.3, 0.4) is 0 Å². The van der Waals surface area contributed by atoms with E-state index in [0.29, 0.717) is 5.69 Å². The summed E-state index contributed by atoms with van der Waals surface area (Å²) in [6.45, 7) is 0. The first-order valence-corrected chi connectivity index (χ1v) is 4.88. The van der Waals surface area contributed by atoms with Crippen LogP contribution in [0.5, 0.6) is 0 Å². The molecule has 0 spiro atoms. The number of pyridine rings is 1. The summed E-state index contributed by atoms with van der Waals surface area (Å²) in [5.74, 6) is -1.79. The third-order valence-corrected chi connectivity index (χ3v) is 2.13. The molecule has 0 unspecified atom stereocenters. The fourth-order valence-electron chi connectivity index (χ4n) is 1.33. The third-order valence-electron chi connectivity index (χ3n) is 2.13. The van der Waals surface area contributed by atoms with Gasteiger partial charge in [-0.2, -0.15) is 0 Å². The third kappa shape index (κ3) is 2.57. The van der Waals surface area contributed by atoms with E-state index in [4.69, 9.17) is 5.11 Å². The molecule has 2 rings (SSSR count). The molecule has 2 N–H and O–H groups in total. The molecular formula is C12H9FN2O2. The Hall–Kier alpha value is -2.43. The molecule has 86 valence electrons. The van der Waals surface area contributed by atoms with Gasteiger partial charge in [-0.15, -0.1) is 0 Å². The smallest absolute Gasteiger partial charge is 0.354 e. The summed E-state index contributed by atoms with van der Waals surface area (Å²) in [4.78, 5) is 14.2. The van der Waals surface area contributed by atoms with E-state index < -0.39 is 11.8 Å². The van der Waals surface area contributed by atoms with E-state index in [2.05, 4.69) is 10.3 Å². The number of nitrogens with zero attached hydrogens (tertiary/aromatic N) is 1. The van der Waals surface area contributed by atoms with Gasteiger partial charge in [-0.25, -0.2) is 14.2 Å². The second kappa shape index (κ2) is 4.61. The van der Waals surface area contributed by atoms with Crippen molar-refractivity contribution in [3.8, 4) is 0 Å². The number of nitrogens with one attached hydrogen (secondary N) is 1. The fraction of sp³-hybridized carbons (Fsp3) is 0. The zero-order chi connectivity index (χ0) is 12.3. The lowest BCUT2D eigenvalue weighted by atomic mass is 10.2. The first-order valence-electron chi connectivity index (χ1n) is 4.88. The van der Waals surface area contributed by atoms with Crippen molar-refractivity contribution in [3.05, 3.63) is 54.1 Å². The van der Waals surface area contributed by atoms with E-state index in [-0.39, 0.29) is 11.4 Å². The van der Waals surface area contributed by atoms with Gasteiger partial charge < -0.3 is 10.4 Å². The minimum atomic E-state index is -1.19. The highest BCUT2D eigenvalue weighted by molar-refractivity contribution is 5.86. The Morgan fingerprint density at radius 2 is 2.00 bits per heavy atom. The average molecular weight is 232 g/mol. The number of hydrogen-bond acceptors (Lipinski definition) is 3. The summed E-state index contributed by atoms with van der Waals surface area (Å²) >= 11 is 0. The van der Waals surface area contributed by atoms with E-state index in [1.165, 1.54) is 0 Å². The molecular weight excluding hydrogens is 223 g/mol. The lowest BCUT2D eigenvalue weighted by Crippen LogP contribution is -2.03. The topological polar surface area (TPSA) is 62.2 Å². The van der Waals surface area contributed by atoms with Gasteiger partial charge in [0.25, 0.3) is 0 Å². The number of aromatic nitrogens is 1. The molecule has 1 aromatic carbocycles. The minimum absolute atomic E-state index is 0.0867. The van der Waals surface area contributed by atoms with E-state index in [0.717, 1.165) is 12.3 Å². The number of carboxylic acid groups (broad SMARTS) is 1. The molecule has 5 heteroatoms. The van der Waals surface area contributed by atoms with E-state index in [1.54, 1.807) is 24.3 Å². The van der Waals surface area contributed by atoms with Crippen LogP contribution in [0.4, 0.5) is 15.8 Å². The number of hydrogen-bond donors (Lipinski definition) is 2. The molecule has 0 fully saturated rings. The van der Waals surface area contributed by atoms with E-state index in [1.807, 2.05) is 6.07 Å². The Morgan fingerprint density at radius 3 is 2.65 bits per heavy atom. The maximum Gasteiger partial charge on any atom is 0.354 e. The maximum atomic E-state index is 13.4. The van der Waals surface area contributed by atoms with Crippen molar-refractivity contribution in [1.82, 2.24) is 4.98 Å². The Balaban J connectivity index is 2.32.